The molecule has 164 valence electrons. The normalized spacial score (nSPS) is 15.5. The van der Waals surface area contributed by atoms with Crippen LogP contribution in [-0.2, 0) is 11.2 Å². The number of imide groups is 1. The molecule has 0 spiro atoms. The summed E-state index contributed by atoms with van der Waals surface area (Å²) in [4.78, 5) is 34.8. The molecule has 32 heavy (non-hydrogen) atoms. The molecule has 0 bridgehead atoms. The van der Waals surface area contributed by atoms with E-state index in [1.54, 1.807) is 18.1 Å². The molecule has 9 heteroatoms. The standard InChI is InChI=1S/C23H22N4O3S2/c1-27(20-14-21(25-15-24-20)31-18-5-3-2-4-6-18)11-12-30-17-9-7-16(8-10-17)13-19-22(28)26-23(29)32-19/h2-10,14-15,19H,11-13H2,1H3,(H,26,28,29). The molecular weight excluding hydrogens is 444 g/mol. The quantitative estimate of drug-likeness (QED) is 0.473. The van der Waals surface area contributed by atoms with Crippen LogP contribution in [0.15, 0.2) is 76.9 Å². The molecule has 0 saturated carbocycles. The smallest absolute Gasteiger partial charge is 0.286 e. The summed E-state index contributed by atoms with van der Waals surface area (Å²) in [7, 11) is 1.97. The minimum absolute atomic E-state index is 0.224. The SMILES string of the molecule is CN(CCOc1ccc(CC2SC(=O)NC2=O)cc1)c1cc(Sc2ccccc2)ncn1. The Bertz CT molecular complexity index is 1080. The van der Waals surface area contributed by atoms with Gasteiger partial charge in [-0.3, -0.25) is 14.9 Å². The zero-order valence-corrected chi connectivity index (χ0v) is 19.1. The number of anilines is 1. The molecule has 2 amide bonds. The number of amides is 2. The fourth-order valence-electron chi connectivity index (χ4n) is 3.08. The minimum Gasteiger partial charge on any atom is -0.492 e. The van der Waals surface area contributed by atoms with Gasteiger partial charge in [-0.1, -0.05) is 53.9 Å². The highest BCUT2D eigenvalue weighted by atomic mass is 32.2. The first-order valence-electron chi connectivity index (χ1n) is 10.1. The van der Waals surface area contributed by atoms with E-state index in [0.717, 1.165) is 38.8 Å². The number of hydrogen-bond donors (Lipinski definition) is 1. The number of ether oxygens (including phenoxy) is 1. The third-order valence-electron chi connectivity index (χ3n) is 4.79. The minimum atomic E-state index is -0.360. The van der Waals surface area contributed by atoms with Gasteiger partial charge < -0.3 is 9.64 Å². The van der Waals surface area contributed by atoms with Crippen molar-refractivity contribution in [3.63, 3.8) is 0 Å². The van der Waals surface area contributed by atoms with Crippen molar-refractivity contribution in [2.75, 3.05) is 25.1 Å². The van der Waals surface area contributed by atoms with Crippen LogP contribution in [0, 0.1) is 0 Å². The molecule has 1 saturated heterocycles. The van der Waals surface area contributed by atoms with E-state index in [4.69, 9.17) is 4.74 Å². The van der Waals surface area contributed by atoms with Gasteiger partial charge in [0, 0.05) is 18.0 Å². The zero-order valence-electron chi connectivity index (χ0n) is 17.4. The second-order valence-electron chi connectivity index (χ2n) is 7.13. The third kappa shape index (κ3) is 6.02. The molecule has 1 N–H and O–H groups in total. The second kappa shape index (κ2) is 10.5. The van der Waals surface area contributed by atoms with Crippen molar-refractivity contribution in [1.82, 2.24) is 15.3 Å². The lowest BCUT2D eigenvalue weighted by Crippen LogP contribution is -2.25. The number of aromatic nitrogens is 2. The molecule has 1 aliphatic heterocycles. The predicted molar refractivity (Wildman–Crippen MR) is 126 cm³/mol. The van der Waals surface area contributed by atoms with Gasteiger partial charge in [-0.05, 0) is 36.2 Å². The number of carbonyl (C=O) groups excluding carboxylic acids is 2. The maximum atomic E-state index is 11.7. The highest BCUT2D eigenvalue weighted by Gasteiger charge is 2.31. The van der Waals surface area contributed by atoms with Gasteiger partial charge >= 0.3 is 0 Å². The van der Waals surface area contributed by atoms with E-state index in [1.807, 2.05) is 60.5 Å². The predicted octanol–water partition coefficient (Wildman–Crippen LogP) is 4.04. The van der Waals surface area contributed by atoms with Crippen molar-refractivity contribution in [2.24, 2.45) is 0 Å². The number of nitrogens with zero attached hydrogens (tertiary/aromatic N) is 3. The molecule has 2 heterocycles. The molecule has 0 aliphatic carbocycles. The number of nitrogens with one attached hydrogen (secondary N) is 1. The average molecular weight is 467 g/mol. The summed E-state index contributed by atoms with van der Waals surface area (Å²) < 4.78 is 5.86. The van der Waals surface area contributed by atoms with Crippen LogP contribution in [-0.4, -0.2) is 46.6 Å². The number of rotatable bonds is 9. The van der Waals surface area contributed by atoms with Crippen LogP contribution in [0.4, 0.5) is 10.6 Å². The first kappa shape index (κ1) is 22.2. The monoisotopic (exact) mass is 466 g/mol. The van der Waals surface area contributed by atoms with E-state index in [1.165, 1.54) is 0 Å². The first-order chi connectivity index (χ1) is 15.6. The van der Waals surface area contributed by atoms with Gasteiger partial charge in [-0.25, -0.2) is 9.97 Å². The summed E-state index contributed by atoms with van der Waals surface area (Å²) in [5.41, 5.74) is 0.987. The Hall–Kier alpha value is -3.04. The Balaban J connectivity index is 1.26. The van der Waals surface area contributed by atoms with Crippen LogP contribution in [0.1, 0.15) is 5.56 Å². The maximum Gasteiger partial charge on any atom is 0.286 e. The lowest BCUT2D eigenvalue weighted by Gasteiger charge is -2.18. The zero-order chi connectivity index (χ0) is 22.3. The van der Waals surface area contributed by atoms with Crippen LogP contribution in [0.3, 0.4) is 0 Å². The van der Waals surface area contributed by atoms with E-state index in [9.17, 15) is 9.59 Å². The number of thioether (sulfide) groups is 1. The largest absolute Gasteiger partial charge is 0.492 e. The summed E-state index contributed by atoms with van der Waals surface area (Å²) >= 11 is 2.64. The topological polar surface area (TPSA) is 84.4 Å². The van der Waals surface area contributed by atoms with Crippen molar-refractivity contribution < 1.29 is 14.3 Å². The van der Waals surface area contributed by atoms with Crippen LogP contribution >= 0.6 is 23.5 Å². The van der Waals surface area contributed by atoms with Crippen molar-refractivity contribution in [1.29, 1.82) is 0 Å². The fourth-order valence-corrected chi connectivity index (χ4v) is 4.74. The molecule has 7 nitrogen and oxygen atoms in total. The fraction of sp³-hybridized carbons (Fsp3) is 0.217. The van der Waals surface area contributed by atoms with E-state index in [2.05, 4.69) is 27.4 Å². The van der Waals surface area contributed by atoms with Crippen molar-refractivity contribution in [2.45, 2.75) is 21.6 Å². The van der Waals surface area contributed by atoms with E-state index in [-0.39, 0.29) is 16.4 Å². The van der Waals surface area contributed by atoms with Gasteiger partial charge in [0.15, 0.2) is 0 Å². The Kier molecular flexibility index (Phi) is 7.28. The Morgan fingerprint density at radius 2 is 1.88 bits per heavy atom. The third-order valence-corrected chi connectivity index (χ3v) is 6.71. The van der Waals surface area contributed by atoms with Gasteiger partial charge in [0.25, 0.3) is 5.24 Å². The molecule has 1 atom stereocenters. The molecule has 4 rings (SSSR count). The van der Waals surface area contributed by atoms with E-state index in [0.29, 0.717) is 19.6 Å². The average Bonchev–Trinajstić information content (AvgIpc) is 3.12. The molecular formula is C23H22N4O3S2. The Morgan fingerprint density at radius 3 is 2.59 bits per heavy atom. The number of carbonyl (C=O) groups is 2. The first-order valence-corrected chi connectivity index (χ1v) is 11.8. The van der Waals surface area contributed by atoms with Crippen LogP contribution in [0.25, 0.3) is 0 Å². The second-order valence-corrected chi connectivity index (χ2v) is 9.40. The van der Waals surface area contributed by atoms with Gasteiger partial charge in [-0.15, -0.1) is 0 Å². The summed E-state index contributed by atoms with van der Waals surface area (Å²) in [5, 5.41) is 2.56. The molecule has 1 aliphatic rings. The summed E-state index contributed by atoms with van der Waals surface area (Å²) in [5.74, 6) is 1.36. The lowest BCUT2D eigenvalue weighted by molar-refractivity contribution is -0.118. The van der Waals surface area contributed by atoms with Crippen molar-refractivity contribution in [3.05, 3.63) is 72.6 Å². The number of likely N-dealkylation sites (N-methyl/N-ethyl adjacent to an activating group) is 1. The van der Waals surface area contributed by atoms with Gasteiger partial charge in [0.05, 0.1) is 11.8 Å². The number of hydrogen-bond acceptors (Lipinski definition) is 8. The highest BCUT2D eigenvalue weighted by Crippen LogP contribution is 2.27. The summed E-state index contributed by atoms with van der Waals surface area (Å²) in [6.07, 6.45) is 2.09. The Labute approximate surface area is 195 Å². The van der Waals surface area contributed by atoms with Gasteiger partial charge in [0.1, 0.15) is 29.5 Å². The molecule has 1 unspecified atom stereocenters. The Morgan fingerprint density at radius 1 is 1.09 bits per heavy atom. The van der Waals surface area contributed by atoms with Gasteiger partial charge in [0.2, 0.25) is 5.91 Å². The highest BCUT2D eigenvalue weighted by molar-refractivity contribution is 8.15. The molecule has 1 aromatic heterocycles. The lowest BCUT2D eigenvalue weighted by atomic mass is 10.1. The maximum absolute atomic E-state index is 11.7. The molecule has 2 aromatic carbocycles. The molecule has 0 radical (unpaired) electrons. The van der Waals surface area contributed by atoms with Crippen molar-refractivity contribution in [3.8, 4) is 5.75 Å². The summed E-state index contributed by atoms with van der Waals surface area (Å²) in [6, 6.07) is 19.7. The molecule has 1 fully saturated rings. The summed E-state index contributed by atoms with van der Waals surface area (Å²) in [6.45, 7) is 1.16. The number of benzene rings is 2. The van der Waals surface area contributed by atoms with E-state index < -0.39 is 0 Å². The van der Waals surface area contributed by atoms with Gasteiger partial charge in [-0.2, -0.15) is 0 Å². The molecule has 3 aromatic rings. The van der Waals surface area contributed by atoms with E-state index >= 15 is 0 Å². The van der Waals surface area contributed by atoms with Crippen molar-refractivity contribution >= 4 is 40.5 Å². The van der Waals surface area contributed by atoms with Crippen LogP contribution in [0.5, 0.6) is 5.75 Å². The van der Waals surface area contributed by atoms with Crippen LogP contribution in [0.2, 0.25) is 0 Å². The van der Waals surface area contributed by atoms with Crippen LogP contribution < -0.4 is 15.0 Å².